The summed E-state index contributed by atoms with van der Waals surface area (Å²) in [6.45, 7) is 0. The molecule has 1 aromatic heterocycles. The molecule has 1 heterocycles. The van der Waals surface area contributed by atoms with Gasteiger partial charge >= 0.3 is 0 Å². The number of aliphatic imine (C=N–C) groups is 1. The van der Waals surface area contributed by atoms with Crippen molar-refractivity contribution >= 4 is 79.2 Å². The van der Waals surface area contributed by atoms with Crippen LogP contribution in [0.25, 0.3) is 21.0 Å². The van der Waals surface area contributed by atoms with E-state index in [0.29, 0.717) is 21.0 Å². The second kappa shape index (κ2) is 9.20. The average molecular weight is 497 g/mol. The molecular weight excluding hydrogens is 482 g/mol. The van der Waals surface area contributed by atoms with Gasteiger partial charge in [0, 0.05) is 22.9 Å². The number of hydrogen-bond donors (Lipinski definition) is 0. The van der Waals surface area contributed by atoms with Crippen LogP contribution in [0, 0.1) is 5.82 Å². The molecule has 0 amide bonds. The summed E-state index contributed by atoms with van der Waals surface area (Å²) in [6.07, 6.45) is 1.68. The van der Waals surface area contributed by atoms with Crippen LogP contribution >= 0.6 is 46.3 Å². The van der Waals surface area contributed by atoms with Gasteiger partial charge in [-0.05, 0) is 47.3 Å². The van der Waals surface area contributed by atoms with E-state index in [4.69, 9.17) is 28.2 Å². The predicted octanol–water partition coefficient (Wildman–Crippen LogP) is 8.94. The van der Waals surface area contributed by atoms with Gasteiger partial charge in [0.2, 0.25) is 0 Å². The number of fused-ring (bicyclic) bond motifs is 2. The lowest BCUT2D eigenvalue weighted by Crippen LogP contribution is -1.87. The number of hydrogen-bond acceptors (Lipinski definition) is 4. The van der Waals surface area contributed by atoms with Gasteiger partial charge in [-0.15, -0.1) is 11.3 Å². The number of rotatable bonds is 5. The third-order valence-corrected chi connectivity index (χ3v) is 7.88. The average Bonchev–Trinajstić information content (AvgIpc) is 3.21. The summed E-state index contributed by atoms with van der Waals surface area (Å²) in [5.41, 5.74) is 3.52. The van der Waals surface area contributed by atoms with Crippen LogP contribution in [-0.2, 0) is 5.75 Å². The maximum Gasteiger partial charge on any atom is 0.151 e. The Kier molecular flexibility index (Phi) is 6.15. The Labute approximate surface area is 202 Å². The third-order valence-electron chi connectivity index (χ3n) is 5.01. The Bertz CT molecular complexity index is 1460. The van der Waals surface area contributed by atoms with Gasteiger partial charge in [0.05, 0.1) is 25.9 Å². The van der Waals surface area contributed by atoms with Gasteiger partial charge in [0.1, 0.15) is 5.82 Å². The molecule has 0 aliphatic heterocycles. The highest BCUT2D eigenvalue weighted by atomic mass is 35.5. The van der Waals surface area contributed by atoms with E-state index in [-0.39, 0.29) is 5.82 Å². The molecule has 0 aliphatic carbocycles. The molecule has 5 rings (SSSR count). The van der Waals surface area contributed by atoms with Gasteiger partial charge in [-0.1, -0.05) is 71.4 Å². The van der Waals surface area contributed by atoms with Gasteiger partial charge in [-0.25, -0.2) is 9.37 Å². The Balaban J connectivity index is 1.37. The summed E-state index contributed by atoms with van der Waals surface area (Å²) in [6, 6.07) is 22.2. The fraction of sp³-hybridized carbons (Fsp3) is 0.0400. The third kappa shape index (κ3) is 4.39. The second-order valence-electron chi connectivity index (χ2n) is 7.07. The summed E-state index contributed by atoms with van der Waals surface area (Å²) in [4.78, 5) is 9.26. The highest BCUT2D eigenvalue weighted by molar-refractivity contribution is 8.00. The molecule has 4 aromatic carbocycles. The number of thiazole rings is 1. The molecule has 0 radical (unpaired) electrons. The summed E-state index contributed by atoms with van der Waals surface area (Å²) in [5, 5.41) is 2.71. The van der Waals surface area contributed by atoms with E-state index in [1.165, 1.54) is 6.07 Å². The molecule has 7 heteroatoms. The molecule has 32 heavy (non-hydrogen) atoms. The minimum absolute atomic E-state index is 0.194. The molecule has 0 spiro atoms. The van der Waals surface area contributed by atoms with E-state index in [1.54, 1.807) is 47.5 Å². The van der Waals surface area contributed by atoms with E-state index < -0.39 is 0 Å². The first kappa shape index (κ1) is 21.4. The first-order chi connectivity index (χ1) is 15.6. The maximum atomic E-state index is 14.1. The number of nitrogens with zero attached hydrogens (tertiary/aromatic N) is 2. The summed E-state index contributed by atoms with van der Waals surface area (Å²) < 4.78 is 16.1. The van der Waals surface area contributed by atoms with E-state index in [2.05, 4.69) is 4.99 Å². The minimum atomic E-state index is -0.194. The standard InChI is InChI=1S/C25H15Cl2FN2S2/c26-20-6-3-7-21(27)19(20)13-29-16-9-11-23-24(12-16)32-25(30-23)31-14-15-8-10-22(28)18-5-2-1-4-17(15)18/h1-13H,14H2. The first-order valence-electron chi connectivity index (χ1n) is 9.76. The predicted molar refractivity (Wildman–Crippen MR) is 137 cm³/mol. The highest BCUT2D eigenvalue weighted by Crippen LogP contribution is 2.35. The first-order valence-corrected chi connectivity index (χ1v) is 12.3. The van der Waals surface area contributed by atoms with Crippen LogP contribution in [0.15, 0.2) is 82.1 Å². The van der Waals surface area contributed by atoms with Crippen molar-refractivity contribution in [2.24, 2.45) is 4.99 Å². The number of aromatic nitrogens is 1. The van der Waals surface area contributed by atoms with Crippen LogP contribution in [-0.4, -0.2) is 11.2 Å². The van der Waals surface area contributed by atoms with E-state index >= 15 is 0 Å². The van der Waals surface area contributed by atoms with Gasteiger partial charge in [0.15, 0.2) is 4.34 Å². The number of thioether (sulfide) groups is 1. The van der Waals surface area contributed by atoms with Crippen molar-refractivity contribution in [3.05, 3.63) is 99.8 Å². The molecular formula is C25H15Cl2FN2S2. The molecule has 0 saturated carbocycles. The minimum Gasteiger partial charge on any atom is -0.256 e. The Hall–Kier alpha value is -2.44. The second-order valence-corrected chi connectivity index (χ2v) is 10.1. The van der Waals surface area contributed by atoms with Crippen molar-refractivity contribution in [2.75, 3.05) is 0 Å². The van der Waals surface area contributed by atoms with E-state index in [0.717, 1.165) is 36.9 Å². The molecule has 5 aromatic rings. The Morgan fingerprint density at radius 1 is 0.938 bits per heavy atom. The normalized spacial score (nSPS) is 11.7. The Morgan fingerprint density at radius 2 is 1.72 bits per heavy atom. The fourth-order valence-corrected chi connectivity index (χ4v) is 6.00. The van der Waals surface area contributed by atoms with Gasteiger partial charge in [-0.2, -0.15) is 0 Å². The number of halogens is 3. The zero-order chi connectivity index (χ0) is 22.1. The summed E-state index contributed by atoms with van der Waals surface area (Å²) in [5.74, 6) is 0.525. The molecule has 0 aliphatic rings. The van der Waals surface area contributed by atoms with E-state index in [9.17, 15) is 4.39 Å². The van der Waals surface area contributed by atoms with Gasteiger partial charge < -0.3 is 0 Å². The largest absolute Gasteiger partial charge is 0.256 e. The smallest absolute Gasteiger partial charge is 0.151 e. The lowest BCUT2D eigenvalue weighted by atomic mass is 10.1. The van der Waals surface area contributed by atoms with Crippen LogP contribution in [0.1, 0.15) is 11.1 Å². The van der Waals surface area contributed by atoms with Crippen LogP contribution in [0.3, 0.4) is 0 Å². The molecule has 0 bridgehead atoms. The maximum absolute atomic E-state index is 14.1. The molecule has 0 fully saturated rings. The van der Waals surface area contributed by atoms with Crippen molar-refractivity contribution < 1.29 is 4.39 Å². The zero-order valence-electron chi connectivity index (χ0n) is 16.6. The van der Waals surface area contributed by atoms with Crippen LogP contribution in [0.4, 0.5) is 10.1 Å². The van der Waals surface area contributed by atoms with Crippen LogP contribution < -0.4 is 0 Å². The Morgan fingerprint density at radius 3 is 2.53 bits per heavy atom. The molecule has 0 N–H and O–H groups in total. The van der Waals surface area contributed by atoms with Crippen molar-refractivity contribution in [3.63, 3.8) is 0 Å². The molecule has 0 unspecified atom stereocenters. The SMILES string of the molecule is Fc1ccc(CSc2nc3ccc(N=Cc4c(Cl)cccc4Cl)cc3s2)c2ccccc12. The molecule has 0 saturated heterocycles. The highest BCUT2D eigenvalue weighted by Gasteiger charge is 2.09. The van der Waals surface area contributed by atoms with Gasteiger partial charge in [0.25, 0.3) is 0 Å². The molecule has 158 valence electrons. The molecule has 2 nitrogen and oxygen atoms in total. The molecule has 0 atom stereocenters. The van der Waals surface area contributed by atoms with Crippen molar-refractivity contribution in [3.8, 4) is 0 Å². The van der Waals surface area contributed by atoms with Crippen LogP contribution in [0.2, 0.25) is 10.0 Å². The quantitative estimate of drug-likeness (QED) is 0.179. The zero-order valence-corrected chi connectivity index (χ0v) is 19.7. The van der Waals surface area contributed by atoms with Gasteiger partial charge in [-0.3, -0.25) is 4.99 Å². The topological polar surface area (TPSA) is 25.2 Å². The lowest BCUT2D eigenvalue weighted by Gasteiger charge is -2.06. The monoisotopic (exact) mass is 496 g/mol. The van der Waals surface area contributed by atoms with Crippen molar-refractivity contribution in [1.29, 1.82) is 0 Å². The number of benzene rings is 4. The fourth-order valence-electron chi connectivity index (χ4n) is 3.40. The summed E-state index contributed by atoms with van der Waals surface area (Å²) >= 11 is 15.7. The summed E-state index contributed by atoms with van der Waals surface area (Å²) in [7, 11) is 0. The van der Waals surface area contributed by atoms with E-state index in [1.807, 2.05) is 48.5 Å². The van der Waals surface area contributed by atoms with Crippen molar-refractivity contribution in [2.45, 2.75) is 10.1 Å². The van der Waals surface area contributed by atoms with Crippen LogP contribution in [0.5, 0.6) is 0 Å². The lowest BCUT2D eigenvalue weighted by molar-refractivity contribution is 0.639. The van der Waals surface area contributed by atoms with Crippen molar-refractivity contribution in [1.82, 2.24) is 4.98 Å².